The molecule has 6 heteroatoms. The SMILES string of the molecule is CN(C(=O)CC(=O)Nc1ccc2c(c1)OCCO2)c1ccccc1. The van der Waals surface area contributed by atoms with E-state index in [0.29, 0.717) is 30.4 Å². The van der Waals surface area contributed by atoms with Gasteiger partial charge in [0.15, 0.2) is 11.5 Å². The standard InChI is InChI=1S/C18H18N2O4/c1-20(14-5-3-2-4-6-14)18(22)12-17(21)19-13-7-8-15-16(11-13)24-10-9-23-15/h2-8,11H,9-10,12H2,1H3,(H,19,21). The second-order valence-corrected chi connectivity index (χ2v) is 5.37. The van der Waals surface area contributed by atoms with E-state index in [1.54, 1.807) is 25.2 Å². The highest BCUT2D eigenvalue weighted by molar-refractivity contribution is 6.08. The second-order valence-electron chi connectivity index (χ2n) is 5.37. The molecule has 0 aliphatic carbocycles. The van der Waals surface area contributed by atoms with Crippen molar-refractivity contribution in [1.82, 2.24) is 0 Å². The molecule has 1 aliphatic heterocycles. The Bertz CT molecular complexity index is 746. The van der Waals surface area contributed by atoms with Gasteiger partial charge >= 0.3 is 0 Å². The van der Waals surface area contributed by atoms with Gasteiger partial charge in [-0.25, -0.2) is 0 Å². The molecule has 2 aromatic rings. The molecule has 3 rings (SSSR count). The van der Waals surface area contributed by atoms with Gasteiger partial charge in [0.25, 0.3) is 0 Å². The highest BCUT2D eigenvalue weighted by Gasteiger charge is 2.17. The summed E-state index contributed by atoms with van der Waals surface area (Å²) in [6, 6.07) is 14.3. The highest BCUT2D eigenvalue weighted by Crippen LogP contribution is 2.32. The summed E-state index contributed by atoms with van der Waals surface area (Å²) >= 11 is 0. The molecule has 1 heterocycles. The predicted octanol–water partition coefficient (Wildman–Crippen LogP) is 2.45. The minimum atomic E-state index is -0.376. The van der Waals surface area contributed by atoms with Gasteiger partial charge < -0.3 is 19.7 Å². The van der Waals surface area contributed by atoms with Crippen molar-refractivity contribution in [3.8, 4) is 11.5 Å². The van der Waals surface area contributed by atoms with Crippen LogP contribution in [0.4, 0.5) is 11.4 Å². The first-order valence-electron chi connectivity index (χ1n) is 7.64. The number of hydrogen-bond acceptors (Lipinski definition) is 4. The topological polar surface area (TPSA) is 67.9 Å². The molecule has 2 amide bonds. The van der Waals surface area contributed by atoms with Gasteiger partial charge in [0.05, 0.1) is 0 Å². The van der Waals surface area contributed by atoms with E-state index in [-0.39, 0.29) is 18.2 Å². The molecule has 0 unspecified atom stereocenters. The molecule has 0 fully saturated rings. The molecule has 0 atom stereocenters. The van der Waals surface area contributed by atoms with Crippen LogP contribution in [0.3, 0.4) is 0 Å². The zero-order valence-electron chi connectivity index (χ0n) is 13.3. The molecule has 0 spiro atoms. The molecule has 0 saturated heterocycles. The maximum absolute atomic E-state index is 12.2. The number of ether oxygens (including phenoxy) is 2. The van der Waals surface area contributed by atoms with Crippen molar-refractivity contribution >= 4 is 23.2 Å². The average Bonchev–Trinajstić information content (AvgIpc) is 2.61. The first-order chi connectivity index (χ1) is 11.6. The number of carbonyl (C=O) groups is 2. The Labute approximate surface area is 140 Å². The molecule has 0 bridgehead atoms. The Morgan fingerprint density at radius 2 is 1.75 bits per heavy atom. The van der Waals surface area contributed by atoms with Crippen LogP contribution in [-0.2, 0) is 9.59 Å². The van der Waals surface area contributed by atoms with E-state index in [9.17, 15) is 9.59 Å². The van der Waals surface area contributed by atoms with Gasteiger partial charge in [0, 0.05) is 24.5 Å². The maximum Gasteiger partial charge on any atom is 0.236 e. The van der Waals surface area contributed by atoms with Crippen LogP contribution >= 0.6 is 0 Å². The molecule has 24 heavy (non-hydrogen) atoms. The van der Waals surface area contributed by atoms with Crippen molar-refractivity contribution in [1.29, 1.82) is 0 Å². The quantitative estimate of drug-likeness (QED) is 0.876. The molecule has 1 N–H and O–H groups in total. The van der Waals surface area contributed by atoms with E-state index in [0.717, 1.165) is 5.69 Å². The third kappa shape index (κ3) is 3.65. The minimum Gasteiger partial charge on any atom is -0.486 e. The van der Waals surface area contributed by atoms with E-state index >= 15 is 0 Å². The number of benzene rings is 2. The number of amides is 2. The van der Waals surface area contributed by atoms with Gasteiger partial charge in [-0.3, -0.25) is 9.59 Å². The first-order valence-corrected chi connectivity index (χ1v) is 7.64. The summed E-state index contributed by atoms with van der Waals surface area (Å²) in [5.41, 5.74) is 1.31. The zero-order chi connectivity index (χ0) is 16.9. The Hall–Kier alpha value is -3.02. The highest BCUT2D eigenvalue weighted by atomic mass is 16.6. The lowest BCUT2D eigenvalue weighted by Gasteiger charge is -2.19. The summed E-state index contributed by atoms with van der Waals surface area (Å²) in [6.45, 7) is 0.990. The lowest BCUT2D eigenvalue weighted by molar-refractivity contribution is -0.125. The Kier molecular flexibility index (Phi) is 4.65. The van der Waals surface area contributed by atoms with Crippen molar-refractivity contribution < 1.29 is 19.1 Å². The van der Waals surface area contributed by atoms with Gasteiger partial charge in [0.2, 0.25) is 11.8 Å². The summed E-state index contributed by atoms with van der Waals surface area (Å²) in [4.78, 5) is 25.8. The Morgan fingerprint density at radius 1 is 1.04 bits per heavy atom. The lowest BCUT2D eigenvalue weighted by atomic mass is 10.2. The van der Waals surface area contributed by atoms with Crippen LogP contribution in [0.5, 0.6) is 11.5 Å². The fourth-order valence-corrected chi connectivity index (χ4v) is 2.38. The molecule has 0 saturated carbocycles. The number of carbonyl (C=O) groups excluding carboxylic acids is 2. The summed E-state index contributed by atoms with van der Waals surface area (Å²) in [5.74, 6) is 0.585. The van der Waals surface area contributed by atoms with E-state index in [1.165, 1.54) is 4.90 Å². The molecular formula is C18H18N2O4. The molecular weight excluding hydrogens is 308 g/mol. The van der Waals surface area contributed by atoms with Crippen molar-refractivity contribution in [3.05, 3.63) is 48.5 Å². The van der Waals surface area contributed by atoms with Crippen molar-refractivity contribution in [2.45, 2.75) is 6.42 Å². The van der Waals surface area contributed by atoms with E-state index in [4.69, 9.17) is 9.47 Å². The molecule has 0 radical (unpaired) electrons. The Morgan fingerprint density at radius 3 is 2.50 bits per heavy atom. The van der Waals surface area contributed by atoms with Crippen LogP contribution in [0.25, 0.3) is 0 Å². The van der Waals surface area contributed by atoms with Crippen LogP contribution in [0, 0.1) is 0 Å². The van der Waals surface area contributed by atoms with Crippen LogP contribution in [0.2, 0.25) is 0 Å². The largest absolute Gasteiger partial charge is 0.486 e. The van der Waals surface area contributed by atoms with Crippen molar-refractivity contribution in [2.24, 2.45) is 0 Å². The Balaban J connectivity index is 1.60. The van der Waals surface area contributed by atoms with Crippen LogP contribution < -0.4 is 19.7 Å². The molecule has 124 valence electrons. The number of rotatable bonds is 4. The van der Waals surface area contributed by atoms with E-state index < -0.39 is 0 Å². The van der Waals surface area contributed by atoms with Gasteiger partial charge in [-0.05, 0) is 24.3 Å². The number of nitrogens with zero attached hydrogens (tertiary/aromatic N) is 1. The number of anilines is 2. The van der Waals surface area contributed by atoms with Crippen molar-refractivity contribution in [2.75, 3.05) is 30.5 Å². The van der Waals surface area contributed by atoms with Crippen molar-refractivity contribution in [3.63, 3.8) is 0 Å². The van der Waals surface area contributed by atoms with Gasteiger partial charge in [-0.1, -0.05) is 18.2 Å². The monoisotopic (exact) mass is 326 g/mol. The maximum atomic E-state index is 12.2. The predicted molar refractivity (Wildman–Crippen MR) is 90.5 cm³/mol. The molecule has 2 aromatic carbocycles. The summed E-state index contributed by atoms with van der Waals surface area (Å²) < 4.78 is 10.9. The number of para-hydroxylation sites is 1. The van der Waals surface area contributed by atoms with E-state index in [1.807, 2.05) is 30.3 Å². The third-order valence-corrected chi connectivity index (χ3v) is 3.66. The first kappa shape index (κ1) is 15.9. The van der Waals surface area contributed by atoms with Crippen LogP contribution in [0.1, 0.15) is 6.42 Å². The average molecular weight is 326 g/mol. The molecule has 1 aliphatic rings. The minimum absolute atomic E-state index is 0.236. The normalized spacial score (nSPS) is 12.4. The van der Waals surface area contributed by atoms with E-state index in [2.05, 4.69) is 5.32 Å². The fraction of sp³-hybridized carbons (Fsp3) is 0.222. The fourth-order valence-electron chi connectivity index (χ4n) is 2.38. The number of hydrogen-bond donors (Lipinski definition) is 1. The number of nitrogens with one attached hydrogen (secondary N) is 1. The smallest absolute Gasteiger partial charge is 0.236 e. The van der Waals surface area contributed by atoms with Gasteiger partial charge in [0.1, 0.15) is 19.6 Å². The number of fused-ring (bicyclic) bond motifs is 1. The van der Waals surface area contributed by atoms with Crippen LogP contribution in [-0.4, -0.2) is 32.1 Å². The van der Waals surface area contributed by atoms with Gasteiger partial charge in [-0.15, -0.1) is 0 Å². The summed E-state index contributed by atoms with van der Waals surface area (Å²) in [5, 5.41) is 2.71. The van der Waals surface area contributed by atoms with Crippen LogP contribution in [0.15, 0.2) is 48.5 Å². The molecule has 0 aromatic heterocycles. The van der Waals surface area contributed by atoms with Gasteiger partial charge in [-0.2, -0.15) is 0 Å². The summed E-state index contributed by atoms with van der Waals surface area (Å²) in [6.07, 6.45) is -0.236. The third-order valence-electron chi connectivity index (χ3n) is 3.66. The summed E-state index contributed by atoms with van der Waals surface area (Å²) in [7, 11) is 1.65. The zero-order valence-corrected chi connectivity index (χ0v) is 13.3. The second kappa shape index (κ2) is 7.04. The lowest BCUT2D eigenvalue weighted by Crippen LogP contribution is -2.30. The molecule has 6 nitrogen and oxygen atoms in total.